The van der Waals surface area contributed by atoms with Crippen molar-refractivity contribution >= 4 is 11.7 Å². The van der Waals surface area contributed by atoms with E-state index in [1.54, 1.807) is 15.8 Å². The summed E-state index contributed by atoms with van der Waals surface area (Å²) in [5.41, 5.74) is 0.378. The molecular weight excluding hydrogens is 383 g/mol. The number of pyridine rings is 1. The number of aromatic nitrogens is 3. The van der Waals surface area contributed by atoms with Crippen LogP contribution in [0.5, 0.6) is 0 Å². The van der Waals surface area contributed by atoms with Gasteiger partial charge >= 0.3 is 6.18 Å². The van der Waals surface area contributed by atoms with Crippen LogP contribution in [0.2, 0.25) is 0 Å². The molecule has 0 atom stereocenters. The number of alkyl halides is 3. The monoisotopic (exact) mass is 409 g/mol. The van der Waals surface area contributed by atoms with Crippen molar-refractivity contribution in [3.05, 3.63) is 41.9 Å². The van der Waals surface area contributed by atoms with E-state index in [0.29, 0.717) is 19.4 Å². The molecule has 3 rings (SSSR count). The Bertz CT molecular complexity index is 828. The van der Waals surface area contributed by atoms with Gasteiger partial charge in [-0.25, -0.2) is 4.98 Å². The Kier molecular flexibility index (Phi) is 6.44. The van der Waals surface area contributed by atoms with Crippen molar-refractivity contribution in [3.8, 4) is 0 Å². The first-order valence-electron chi connectivity index (χ1n) is 9.74. The molecule has 9 heteroatoms. The van der Waals surface area contributed by atoms with Crippen molar-refractivity contribution in [2.75, 3.05) is 18.9 Å². The smallest absolute Gasteiger partial charge is 0.367 e. The molecule has 1 N–H and O–H groups in total. The molecule has 1 fully saturated rings. The minimum Gasteiger partial charge on any atom is -0.367 e. The molecule has 0 aromatic carbocycles. The molecule has 0 unspecified atom stereocenters. The number of halogens is 3. The first kappa shape index (κ1) is 21.1. The number of nitrogens with zero attached hydrogens (tertiary/aromatic N) is 4. The largest absolute Gasteiger partial charge is 0.416 e. The van der Waals surface area contributed by atoms with E-state index in [1.165, 1.54) is 0 Å². The van der Waals surface area contributed by atoms with Gasteiger partial charge in [0.2, 0.25) is 5.91 Å². The summed E-state index contributed by atoms with van der Waals surface area (Å²) in [6.45, 7) is 0.636. The van der Waals surface area contributed by atoms with E-state index in [9.17, 15) is 18.0 Å². The lowest BCUT2D eigenvalue weighted by Gasteiger charge is -2.31. The molecule has 2 aromatic heterocycles. The van der Waals surface area contributed by atoms with Gasteiger partial charge in [-0.2, -0.15) is 18.3 Å². The third-order valence-corrected chi connectivity index (χ3v) is 5.39. The lowest BCUT2D eigenvalue weighted by molar-refractivity contribution is -0.137. The third-order valence-electron chi connectivity index (χ3n) is 5.39. The van der Waals surface area contributed by atoms with E-state index in [2.05, 4.69) is 15.4 Å². The average molecular weight is 409 g/mol. The van der Waals surface area contributed by atoms with E-state index in [4.69, 9.17) is 0 Å². The van der Waals surface area contributed by atoms with Gasteiger partial charge in [0, 0.05) is 45.0 Å². The second-order valence-corrected chi connectivity index (χ2v) is 7.65. The topological polar surface area (TPSA) is 63.1 Å². The van der Waals surface area contributed by atoms with Gasteiger partial charge in [-0.05, 0) is 49.8 Å². The van der Waals surface area contributed by atoms with Crippen LogP contribution in [-0.4, -0.2) is 45.2 Å². The Morgan fingerprint density at radius 2 is 2.03 bits per heavy atom. The Morgan fingerprint density at radius 1 is 1.31 bits per heavy atom. The fraction of sp³-hybridized carbons (Fsp3) is 0.550. The SMILES string of the molecule is CN(CCc1cnn(C)c1)C(=O)C1CCC(Nc2cc(C(F)(F)F)ccn2)CC1. The molecule has 2 heterocycles. The predicted octanol–water partition coefficient (Wildman–Crippen LogP) is 3.51. The Balaban J connectivity index is 1.46. The molecule has 0 spiro atoms. The van der Waals surface area contributed by atoms with E-state index in [0.717, 1.165) is 43.2 Å². The highest BCUT2D eigenvalue weighted by Crippen LogP contribution is 2.31. The number of aryl methyl sites for hydroxylation is 1. The second-order valence-electron chi connectivity index (χ2n) is 7.65. The maximum Gasteiger partial charge on any atom is 0.416 e. The Labute approximate surface area is 168 Å². The zero-order chi connectivity index (χ0) is 21.0. The number of hydrogen-bond acceptors (Lipinski definition) is 4. The molecule has 0 radical (unpaired) electrons. The molecule has 29 heavy (non-hydrogen) atoms. The van der Waals surface area contributed by atoms with E-state index >= 15 is 0 Å². The zero-order valence-corrected chi connectivity index (χ0v) is 16.6. The van der Waals surface area contributed by atoms with Crippen molar-refractivity contribution in [1.82, 2.24) is 19.7 Å². The lowest BCUT2D eigenvalue weighted by atomic mass is 9.85. The van der Waals surface area contributed by atoms with Crippen molar-refractivity contribution in [2.24, 2.45) is 13.0 Å². The Morgan fingerprint density at radius 3 is 2.66 bits per heavy atom. The maximum absolute atomic E-state index is 12.8. The summed E-state index contributed by atoms with van der Waals surface area (Å²) in [6.07, 6.45) is 4.17. The number of carbonyl (C=O) groups is 1. The summed E-state index contributed by atoms with van der Waals surface area (Å²) in [6, 6.07) is 2.02. The molecule has 2 aromatic rings. The summed E-state index contributed by atoms with van der Waals surface area (Å²) in [5, 5.41) is 7.22. The molecule has 1 amide bonds. The second kappa shape index (κ2) is 8.84. The number of anilines is 1. The molecule has 1 aliphatic rings. The number of rotatable bonds is 6. The van der Waals surface area contributed by atoms with Gasteiger partial charge in [0.25, 0.3) is 0 Å². The molecule has 158 valence electrons. The molecule has 1 aliphatic carbocycles. The van der Waals surface area contributed by atoms with Crippen LogP contribution >= 0.6 is 0 Å². The number of carbonyl (C=O) groups excluding carboxylic acids is 1. The average Bonchev–Trinajstić information content (AvgIpc) is 3.11. The molecule has 6 nitrogen and oxygen atoms in total. The fourth-order valence-electron chi connectivity index (χ4n) is 3.70. The molecule has 0 saturated heterocycles. The highest BCUT2D eigenvalue weighted by Gasteiger charge is 2.32. The standard InChI is InChI=1S/C20H26F3N5O/c1-27(10-8-14-12-25-28(2)13-14)19(29)15-3-5-17(6-4-15)26-18-11-16(7-9-24-18)20(21,22)23/h7,9,11-13,15,17H,3-6,8,10H2,1-2H3,(H,24,26). The van der Waals surface area contributed by atoms with Crippen LogP contribution in [0.25, 0.3) is 0 Å². The van der Waals surface area contributed by atoms with Crippen molar-refractivity contribution < 1.29 is 18.0 Å². The quantitative estimate of drug-likeness (QED) is 0.793. The maximum atomic E-state index is 12.8. The summed E-state index contributed by atoms with van der Waals surface area (Å²) in [5.74, 6) is 0.314. The minimum absolute atomic E-state index is 0.0238. The third kappa shape index (κ3) is 5.71. The zero-order valence-electron chi connectivity index (χ0n) is 16.6. The summed E-state index contributed by atoms with van der Waals surface area (Å²) in [7, 11) is 3.68. The van der Waals surface area contributed by atoms with Crippen molar-refractivity contribution in [1.29, 1.82) is 0 Å². The van der Waals surface area contributed by atoms with Crippen LogP contribution in [0.4, 0.5) is 19.0 Å². The van der Waals surface area contributed by atoms with Crippen molar-refractivity contribution in [3.63, 3.8) is 0 Å². The highest BCUT2D eigenvalue weighted by atomic mass is 19.4. The first-order valence-corrected chi connectivity index (χ1v) is 9.74. The summed E-state index contributed by atoms with van der Waals surface area (Å²) >= 11 is 0. The molecular formula is C20H26F3N5O. The normalized spacial score (nSPS) is 19.8. The van der Waals surface area contributed by atoms with E-state index in [1.807, 2.05) is 20.3 Å². The van der Waals surface area contributed by atoms with Gasteiger partial charge in [-0.15, -0.1) is 0 Å². The first-order chi connectivity index (χ1) is 13.7. The predicted molar refractivity (Wildman–Crippen MR) is 103 cm³/mol. The summed E-state index contributed by atoms with van der Waals surface area (Å²) < 4.78 is 40.2. The lowest BCUT2D eigenvalue weighted by Crippen LogP contribution is -2.38. The number of nitrogens with one attached hydrogen (secondary N) is 1. The van der Waals surface area contributed by atoms with Gasteiger partial charge in [-0.3, -0.25) is 9.48 Å². The summed E-state index contributed by atoms with van der Waals surface area (Å²) in [4.78, 5) is 18.4. The van der Waals surface area contributed by atoms with Crippen LogP contribution in [-0.2, 0) is 24.4 Å². The van der Waals surface area contributed by atoms with Crippen LogP contribution < -0.4 is 5.32 Å². The van der Waals surface area contributed by atoms with Gasteiger partial charge in [0.1, 0.15) is 5.82 Å². The van der Waals surface area contributed by atoms with Crippen LogP contribution in [0, 0.1) is 5.92 Å². The van der Waals surface area contributed by atoms with Gasteiger partial charge in [-0.1, -0.05) is 0 Å². The molecule has 0 aliphatic heterocycles. The van der Waals surface area contributed by atoms with Crippen molar-refractivity contribution in [2.45, 2.75) is 44.3 Å². The van der Waals surface area contributed by atoms with Crippen LogP contribution in [0.3, 0.4) is 0 Å². The fourth-order valence-corrected chi connectivity index (χ4v) is 3.70. The number of likely N-dealkylation sites (N-methyl/N-ethyl adjacent to an activating group) is 1. The van der Waals surface area contributed by atoms with E-state index < -0.39 is 11.7 Å². The van der Waals surface area contributed by atoms with Gasteiger partial charge in [0.05, 0.1) is 11.8 Å². The number of amides is 1. The Hall–Kier alpha value is -2.58. The molecule has 0 bridgehead atoms. The minimum atomic E-state index is -4.39. The highest BCUT2D eigenvalue weighted by molar-refractivity contribution is 5.78. The molecule has 1 saturated carbocycles. The van der Waals surface area contributed by atoms with E-state index in [-0.39, 0.29) is 23.7 Å². The number of hydrogen-bond donors (Lipinski definition) is 1. The van der Waals surface area contributed by atoms with Gasteiger partial charge < -0.3 is 10.2 Å². The van der Waals surface area contributed by atoms with Crippen LogP contribution in [0.1, 0.15) is 36.8 Å². The van der Waals surface area contributed by atoms with Gasteiger partial charge in [0.15, 0.2) is 0 Å². The van der Waals surface area contributed by atoms with Crippen LogP contribution in [0.15, 0.2) is 30.7 Å².